The van der Waals surface area contributed by atoms with E-state index >= 15 is 0 Å². The fraction of sp³-hybridized carbons (Fsp3) is 0.381. The number of halogens is 2. The van der Waals surface area contributed by atoms with Crippen molar-refractivity contribution in [1.82, 2.24) is 10.6 Å². The average Bonchev–Trinajstić information content (AvgIpc) is 2.69. The van der Waals surface area contributed by atoms with Crippen LogP contribution in [0.2, 0.25) is 0 Å². The Morgan fingerprint density at radius 3 is 2.54 bits per heavy atom. The Balaban J connectivity index is 0.00000392. The number of benzene rings is 2. The summed E-state index contributed by atoms with van der Waals surface area (Å²) in [5.74, 6) is 1.26. The van der Waals surface area contributed by atoms with E-state index in [9.17, 15) is 4.39 Å². The van der Waals surface area contributed by atoms with Crippen LogP contribution in [0.3, 0.4) is 0 Å². The third-order valence-electron chi connectivity index (χ3n) is 3.89. The van der Waals surface area contributed by atoms with E-state index in [0.29, 0.717) is 25.7 Å². The molecule has 2 aromatic rings. The van der Waals surface area contributed by atoms with Crippen LogP contribution in [0.1, 0.15) is 24.5 Å². The van der Waals surface area contributed by atoms with Crippen molar-refractivity contribution in [3.63, 3.8) is 0 Å². The quantitative estimate of drug-likeness (QED) is 0.223. The molecule has 2 aromatic carbocycles. The SMILES string of the molecule is CCOCCCNC(=NCc1cccc(F)c1)NCc1ccc(OC)cc1.I. The number of ether oxygens (including phenoxy) is 2. The average molecular weight is 501 g/mol. The van der Waals surface area contributed by atoms with Gasteiger partial charge in [0.2, 0.25) is 0 Å². The summed E-state index contributed by atoms with van der Waals surface area (Å²) in [6, 6.07) is 14.4. The number of guanidine groups is 1. The van der Waals surface area contributed by atoms with Gasteiger partial charge in [-0.05, 0) is 48.7 Å². The van der Waals surface area contributed by atoms with E-state index in [1.165, 1.54) is 12.1 Å². The summed E-state index contributed by atoms with van der Waals surface area (Å²) < 4.78 is 23.9. The van der Waals surface area contributed by atoms with E-state index in [4.69, 9.17) is 9.47 Å². The highest BCUT2D eigenvalue weighted by atomic mass is 127. The summed E-state index contributed by atoms with van der Waals surface area (Å²) in [4.78, 5) is 4.56. The highest BCUT2D eigenvalue weighted by molar-refractivity contribution is 14.0. The molecule has 28 heavy (non-hydrogen) atoms. The van der Waals surface area contributed by atoms with Gasteiger partial charge in [0.1, 0.15) is 11.6 Å². The summed E-state index contributed by atoms with van der Waals surface area (Å²) in [5, 5.41) is 6.61. The minimum atomic E-state index is -0.250. The monoisotopic (exact) mass is 501 g/mol. The third kappa shape index (κ3) is 9.36. The maximum Gasteiger partial charge on any atom is 0.191 e. The molecule has 0 bridgehead atoms. The molecule has 154 valence electrons. The number of nitrogens with zero attached hydrogens (tertiary/aromatic N) is 1. The predicted octanol–water partition coefficient (Wildman–Crippen LogP) is 4.11. The van der Waals surface area contributed by atoms with Crippen LogP contribution in [-0.4, -0.2) is 32.8 Å². The summed E-state index contributed by atoms with van der Waals surface area (Å²) in [6.45, 7) is 5.19. The molecule has 0 saturated carbocycles. The lowest BCUT2D eigenvalue weighted by Gasteiger charge is -2.13. The lowest BCUT2D eigenvalue weighted by atomic mass is 10.2. The molecule has 5 nitrogen and oxygen atoms in total. The number of hydrogen-bond acceptors (Lipinski definition) is 3. The third-order valence-corrected chi connectivity index (χ3v) is 3.89. The number of rotatable bonds is 10. The Bertz CT molecular complexity index is 711. The Hall–Kier alpha value is -1.87. The van der Waals surface area contributed by atoms with Gasteiger partial charge in [0.25, 0.3) is 0 Å². The lowest BCUT2D eigenvalue weighted by molar-refractivity contribution is 0.145. The highest BCUT2D eigenvalue weighted by Crippen LogP contribution is 2.11. The van der Waals surface area contributed by atoms with Crippen LogP contribution in [0.4, 0.5) is 4.39 Å². The fourth-order valence-electron chi connectivity index (χ4n) is 2.43. The smallest absolute Gasteiger partial charge is 0.191 e. The molecular formula is C21H29FIN3O2. The second-order valence-corrected chi connectivity index (χ2v) is 5.97. The summed E-state index contributed by atoms with van der Waals surface area (Å²) in [6.07, 6.45) is 0.886. The molecule has 0 heterocycles. The van der Waals surface area contributed by atoms with Crippen molar-refractivity contribution in [3.8, 4) is 5.75 Å². The summed E-state index contributed by atoms with van der Waals surface area (Å²) >= 11 is 0. The van der Waals surface area contributed by atoms with E-state index in [0.717, 1.165) is 36.4 Å². The second kappa shape index (κ2) is 14.2. The van der Waals surface area contributed by atoms with E-state index < -0.39 is 0 Å². The van der Waals surface area contributed by atoms with Gasteiger partial charge in [-0.1, -0.05) is 24.3 Å². The molecule has 2 N–H and O–H groups in total. The zero-order chi connectivity index (χ0) is 19.3. The largest absolute Gasteiger partial charge is 0.497 e. The van der Waals surface area contributed by atoms with E-state index in [1.807, 2.05) is 37.3 Å². The Labute approximate surface area is 183 Å². The molecular weight excluding hydrogens is 472 g/mol. The number of nitrogens with one attached hydrogen (secondary N) is 2. The molecule has 0 spiro atoms. The summed E-state index contributed by atoms with van der Waals surface area (Å²) in [7, 11) is 1.65. The van der Waals surface area contributed by atoms with Gasteiger partial charge in [0.15, 0.2) is 5.96 Å². The zero-order valence-electron chi connectivity index (χ0n) is 16.4. The van der Waals surface area contributed by atoms with Crippen molar-refractivity contribution in [2.75, 3.05) is 26.9 Å². The van der Waals surface area contributed by atoms with Crippen LogP contribution in [0.5, 0.6) is 5.75 Å². The Morgan fingerprint density at radius 1 is 1.07 bits per heavy atom. The van der Waals surface area contributed by atoms with Crippen LogP contribution in [0, 0.1) is 5.82 Å². The minimum absolute atomic E-state index is 0. The number of hydrogen-bond donors (Lipinski definition) is 2. The molecule has 0 aliphatic heterocycles. The van der Waals surface area contributed by atoms with Gasteiger partial charge in [-0.25, -0.2) is 9.38 Å². The van der Waals surface area contributed by atoms with E-state index in [-0.39, 0.29) is 29.8 Å². The second-order valence-electron chi connectivity index (χ2n) is 5.97. The Morgan fingerprint density at radius 2 is 1.86 bits per heavy atom. The molecule has 0 amide bonds. The zero-order valence-corrected chi connectivity index (χ0v) is 18.7. The maximum atomic E-state index is 13.3. The lowest BCUT2D eigenvalue weighted by Crippen LogP contribution is -2.37. The van der Waals surface area contributed by atoms with Crippen LogP contribution < -0.4 is 15.4 Å². The molecule has 0 unspecified atom stereocenters. The molecule has 0 fully saturated rings. The van der Waals surface area contributed by atoms with Crippen molar-refractivity contribution in [3.05, 3.63) is 65.5 Å². The molecule has 0 radical (unpaired) electrons. The molecule has 7 heteroatoms. The van der Waals surface area contributed by atoms with Gasteiger partial charge < -0.3 is 20.1 Å². The predicted molar refractivity (Wildman–Crippen MR) is 122 cm³/mol. The summed E-state index contributed by atoms with van der Waals surface area (Å²) in [5.41, 5.74) is 1.94. The standard InChI is InChI=1S/C21H28FN3O2.HI/c1-3-27-13-5-12-23-21(25-16-18-6-4-7-19(22)14-18)24-15-17-8-10-20(26-2)11-9-17;/h4,6-11,14H,3,5,12-13,15-16H2,1-2H3,(H2,23,24,25);1H. The van der Waals surface area contributed by atoms with Crippen LogP contribution in [-0.2, 0) is 17.8 Å². The molecule has 2 rings (SSSR count). The fourth-order valence-corrected chi connectivity index (χ4v) is 2.43. The van der Waals surface area contributed by atoms with Crippen LogP contribution >= 0.6 is 24.0 Å². The highest BCUT2D eigenvalue weighted by Gasteiger charge is 2.01. The Kier molecular flexibility index (Phi) is 12.2. The van der Waals surface area contributed by atoms with Crippen molar-refractivity contribution >= 4 is 29.9 Å². The van der Waals surface area contributed by atoms with Gasteiger partial charge in [-0.3, -0.25) is 0 Å². The molecule has 0 saturated heterocycles. The molecule has 0 aliphatic rings. The topological polar surface area (TPSA) is 54.9 Å². The van der Waals surface area contributed by atoms with Gasteiger partial charge in [0.05, 0.1) is 13.7 Å². The van der Waals surface area contributed by atoms with Crippen molar-refractivity contribution in [2.24, 2.45) is 4.99 Å². The first kappa shape index (κ1) is 24.2. The van der Waals surface area contributed by atoms with Gasteiger partial charge in [-0.2, -0.15) is 0 Å². The van der Waals surface area contributed by atoms with Crippen molar-refractivity contribution in [1.29, 1.82) is 0 Å². The van der Waals surface area contributed by atoms with Crippen molar-refractivity contribution in [2.45, 2.75) is 26.4 Å². The van der Waals surface area contributed by atoms with Gasteiger partial charge in [-0.15, -0.1) is 24.0 Å². The van der Waals surface area contributed by atoms with Gasteiger partial charge in [0, 0.05) is 26.3 Å². The normalized spacial score (nSPS) is 10.9. The van der Waals surface area contributed by atoms with E-state index in [2.05, 4.69) is 15.6 Å². The van der Waals surface area contributed by atoms with Gasteiger partial charge >= 0.3 is 0 Å². The molecule has 0 atom stereocenters. The van der Waals surface area contributed by atoms with Crippen molar-refractivity contribution < 1.29 is 13.9 Å². The number of methoxy groups -OCH3 is 1. The first-order chi connectivity index (χ1) is 13.2. The first-order valence-electron chi connectivity index (χ1n) is 9.18. The first-order valence-corrected chi connectivity index (χ1v) is 9.18. The van der Waals surface area contributed by atoms with Crippen LogP contribution in [0.15, 0.2) is 53.5 Å². The van der Waals surface area contributed by atoms with E-state index in [1.54, 1.807) is 13.2 Å². The molecule has 0 aliphatic carbocycles. The van der Waals surface area contributed by atoms with Crippen LogP contribution in [0.25, 0.3) is 0 Å². The maximum absolute atomic E-state index is 13.3. The minimum Gasteiger partial charge on any atom is -0.497 e. The molecule has 0 aromatic heterocycles. The number of aliphatic imine (C=N–C) groups is 1.